The van der Waals surface area contributed by atoms with E-state index in [1.165, 1.54) is 10.9 Å². The highest BCUT2D eigenvalue weighted by atomic mass is 16.5. The molecule has 0 aliphatic heterocycles. The third-order valence-corrected chi connectivity index (χ3v) is 8.66. The van der Waals surface area contributed by atoms with Gasteiger partial charge in [-0.2, -0.15) is 0 Å². The minimum absolute atomic E-state index is 0.135. The quantitative estimate of drug-likeness (QED) is 0.123. The van der Waals surface area contributed by atoms with Gasteiger partial charge in [-0.05, 0) is 60.1 Å². The van der Waals surface area contributed by atoms with E-state index in [4.69, 9.17) is 4.74 Å². The lowest BCUT2D eigenvalue weighted by Gasteiger charge is -2.27. The van der Waals surface area contributed by atoms with E-state index in [2.05, 4.69) is 121 Å². The molecule has 1 amide bonds. The van der Waals surface area contributed by atoms with Crippen molar-refractivity contribution in [2.75, 3.05) is 27.2 Å². The monoisotopic (exact) mass is 621 g/mol. The lowest BCUT2D eigenvalue weighted by Crippen LogP contribution is -2.37. The van der Waals surface area contributed by atoms with Gasteiger partial charge < -0.3 is 19.1 Å². The predicted octanol–water partition coefficient (Wildman–Crippen LogP) is 8.38. The molecule has 47 heavy (non-hydrogen) atoms. The van der Waals surface area contributed by atoms with Gasteiger partial charge >= 0.3 is 0 Å². The van der Waals surface area contributed by atoms with Gasteiger partial charge in [0, 0.05) is 55.6 Å². The smallest absolute Gasteiger partial charge is 0.223 e. The first kappa shape index (κ1) is 31.8. The molecule has 6 rings (SSSR count). The van der Waals surface area contributed by atoms with Crippen molar-refractivity contribution in [2.24, 2.45) is 0 Å². The summed E-state index contributed by atoms with van der Waals surface area (Å²) in [5.41, 5.74) is 6.87. The molecule has 1 aromatic heterocycles. The van der Waals surface area contributed by atoms with Crippen LogP contribution in [0.25, 0.3) is 10.9 Å². The maximum atomic E-state index is 14.4. The van der Waals surface area contributed by atoms with Crippen LogP contribution in [0, 0.1) is 0 Å². The summed E-state index contributed by atoms with van der Waals surface area (Å²) in [6.07, 6.45) is 2.61. The fraction of sp³-hybridized carbons (Fsp3) is 0.214. The van der Waals surface area contributed by atoms with Crippen LogP contribution in [0.4, 0.5) is 0 Å². The van der Waals surface area contributed by atoms with E-state index in [9.17, 15) is 4.79 Å². The van der Waals surface area contributed by atoms with Gasteiger partial charge in [0.15, 0.2) is 0 Å². The van der Waals surface area contributed by atoms with Gasteiger partial charge in [0.25, 0.3) is 0 Å². The van der Waals surface area contributed by atoms with E-state index in [1.807, 2.05) is 53.4 Å². The van der Waals surface area contributed by atoms with Crippen LogP contribution in [0.15, 0.2) is 146 Å². The average molecular weight is 622 g/mol. The highest BCUT2D eigenvalue weighted by Gasteiger charge is 2.26. The number of benzene rings is 5. The molecule has 0 N–H and O–H groups in total. The number of amides is 1. The Balaban J connectivity index is 1.37. The number of carbonyl (C=O) groups is 1. The molecule has 1 heterocycles. The normalized spacial score (nSPS) is 11.9. The molecule has 0 bridgehead atoms. The standard InChI is InChI=1S/C42H43N3O2/c1-43(2)25-26-44(29-33-15-6-3-7-16-33)42(46)28-39(36-21-14-22-37(27-36)47-32-35-19-10-5-11-20-35)40-31-45(30-34-17-8-4-9-18-34)41-24-13-12-23-38(40)41/h3-24,27,31,39H,25-26,28-30,32H2,1-2H3. The maximum absolute atomic E-state index is 14.4. The molecule has 5 heteroatoms. The lowest BCUT2D eigenvalue weighted by atomic mass is 9.87. The molecule has 5 nitrogen and oxygen atoms in total. The highest BCUT2D eigenvalue weighted by Crippen LogP contribution is 2.37. The molecule has 6 aromatic rings. The average Bonchev–Trinajstić information content (AvgIpc) is 3.47. The summed E-state index contributed by atoms with van der Waals surface area (Å²) >= 11 is 0. The number of hydrogen-bond donors (Lipinski definition) is 0. The van der Waals surface area contributed by atoms with Crippen LogP contribution in [-0.4, -0.2) is 47.5 Å². The van der Waals surface area contributed by atoms with E-state index in [1.54, 1.807) is 0 Å². The first-order valence-electron chi connectivity index (χ1n) is 16.4. The molecule has 1 atom stereocenters. The van der Waals surface area contributed by atoms with E-state index >= 15 is 0 Å². The van der Waals surface area contributed by atoms with Crippen molar-refractivity contribution in [3.63, 3.8) is 0 Å². The van der Waals surface area contributed by atoms with Gasteiger partial charge in [-0.25, -0.2) is 0 Å². The van der Waals surface area contributed by atoms with Crippen molar-refractivity contribution < 1.29 is 9.53 Å². The molecule has 0 saturated heterocycles. The molecule has 1 unspecified atom stereocenters. The largest absolute Gasteiger partial charge is 0.489 e. The van der Waals surface area contributed by atoms with Crippen LogP contribution in [0.5, 0.6) is 5.75 Å². The molecule has 238 valence electrons. The predicted molar refractivity (Wildman–Crippen MR) is 192 cm³/mol. The minimum atomic E-state index is -0.165. The Labute approximate surface area is 278 Å². The van der Waals surface area contributed by atoms with Crippen LogP contribution in [0.1, 0.15) is 40.2 Å². The molecule has 5 aromatic carbocycles. The third-order valence-electron chi connectivity index (χ3n) is 8.66. The number of hydrogen-bond acceptors (Lipinski definition) is 3. The van der Waals surface area contributed by atoms with Crippen LogP contribution < -0.4 is 4.74 Å². The number of rotatable bonds is 14. The van der Waals surface area contributed by atoms with Crippen molar-refractivity contribution in [1.82, 2.24) is 14.4 Å². The summed E-state index contributed by atoms with van der Waals surface area (Å²) in [5.74, 6) is 0.768. The molecule has 0 fully saturated rings. The highest BCUT2D eigenvalue weighted by molar-refractivity contribution is 5.87. The number of ether oxygens (including phenoxy) is 1. The van der Waals surface area contributed by atoms with Gasteiger partial charge in [-0.15, -0.1) is 0 Å². The zero-order chi connectivity index (χ0) is 32.4. The zero-order valence-electron chi connectivity index (χ0n) is 27.3. The summed E-state index contributed by atoms with van der Waals surface area (Å²) in [5, 5.41) is 1.17. The van der Waals surface area contributed by atoms with Crippen molar-refractivity contribution >= 4 is 16.8 Å². The fourth-order valence-electron chi connectivity index (χ4n) is 6.15. The zero-order valence-corrected chi connectivity index (χ0v) is 27.3. The molecular weight excluding hydrogens is 578 g/mol. The van der Waals surface area contributed by atoms with Gasteiger partial charge in [-0.3, -0.25) is 4.79 Å². The summed E-state index contributed by atoms with van der Waals surface area (Å²) in [4.78, 5) is 18.6. The van der Waals surface area contributed by atoms with Gasteiger partial charge in [0.05, 0.1) is 0 Å². The van der Waals surface area contributed by atoms with Crippen LogP contribution in [0.2, 0.25) is 0 Å². The van der Waals surface area contributed by atoms with Gasteiger partial charge in [0.1, 0.15) is 12.4 Å². The fourth-order valence-corrected chi connectivity index (χ4v) is 6.15. The van der Waals surface area contributed by atoms with Crippen LogP contribution in [-0.2, 0) is 24.5 Å². The summed E-state index contributed by atoms with van der Waals surface area (Å²) in [6, 6.07) is 47.9. The first-order chi connectivity index (χ1) is 23.0. The number of likely N-dealkylation sites (N-methyl/N-ethyl adjacent to an activating group) is 1. The number of nitrogens with zero attached hydrogens (tertiary/aromatic N) is 3. The SMILES string of the molecule is CN(C)CCN(Cc1ccccc1)C(=O)CC(c1cccc(OCc2ccccc2)c1)c1cn(Cc2ccccc2)c2ccccc12. The van der Waals surface area contributed by atoms with Gasteiger partial charge in [-0.1, -0.05) is 121 Å². The minimum Gasteiger partial charge on any atom is -0.489 e. The molecule has 0 aliphatic rings. The topological polar surface area (TPSA) is 37.7 Å². The molecule has 0 saturated carbocycles. The number of para-hydroxylation sites is 1. The van der Waals surface area contributed by atoms with Crippen molar-refractivity contribution in [3.05, 3.63) is 174 Å². The number of carbonyl (C=O) groups excluding carboxylic acids is 1. The van der Waals surface area contributed by atoms with Crippen molar-refractivity contribution in [1.29, 1.82) is 0 Å². The van der Waals surface area contributed by atoms with Crippen molar-refractivity contribution in [3.8, 4) is 5.75 Å². The maximum Gasteiger partial charge on any atom is 0.223 e. The second-order valence-corrected chi connectivity index (χ2v) is 12.4. The second-order valence-electron chi connectivity index (χ2n) is 12.4. The van der Waals surface area contributed by atoms with Crippen LogP contribution >= 0.6 is 0 Å². The molecule has 0 aliphatic carbocycles. The Morgan fingerprint density at radius 2 is 1.34 bits per heavy atom. The van der Waals surface area contributed by atoms with Gasteiger partial charge in [0.2, 0.25) is 5.91 Å². The van der Waals surface area contributed by atoms with Crippen molar-refractivity contribution in [2.45, 2.75) is 32.0 Å². The van der Waals surface area contributed by atoms with E-state index in [0.29, 0.717) is 26.1 Å². The second kappa shape index (κ2) is 15.4. The van der Waals surface area contributed by atoms with E-state index < -0.39 is 0 Å². The summed E-state index contributed by atoms with van der Waals surface area (Å²) < 4.78 is 8.60. The summed E-state index contributed by atoms with van der Waals surface area (Å²) in [7, 11) is 4.10. The Hall–Kier alpha value is -5.13. The number of fused-ring (bicyclic) bond motifs is 1. The Morgan fingerprint density at radius 3 is 2.04 bits per heavy atom. The van der Waals surface area contributed by atoms with E-state index in [0.717, 1.165) is 46.6 Å². The Morgan fingerprint density at radius 1 is 0.702 bits per heavy atom. The van der Waals surface area contributed by atoms with E-state index in [-0.39, 0.29) is 11.8 Å². The Kier molecular flexibility index (Phi) is 10.5. The first-order valence-corrected chi connectivity index (χ1v) is 16.4. The Bertz CT molecular complexity index is 1870. The van der Waals surface area contributed by atoms with Crippen LogP contribution in [0.3, 0.4) is 0 Å². The molecule has 0 radical (unpaired) electrons. The summed E-state index contributed by atoms with van der Waals surface area (Å²) in [6.45, 7) is 3.27. The molecular formula is C42H43N3O2. The lowest BCUT2D eigenvalue weighted by molar-refractivity contribution is -0.132. The third kappa shape index (κ3) is 8.37. The number of aromatic nitrogens is 1. The molecule has 0 spiro atoms.